The van der Waals surface area contributed by atoms with Crippen molar-refractivity contribution in [2.45, 2.75) is 97.6 Å². The molecule has 0 spiro atoms. The van der Waals surface area contributed by atoms with Crippen LogP contribution >= 0.6 is 0 Å². The van der Waals surface area contributed by atoms with Gasteiger partial charge < -0.3 is 13.9 Å². The van der Waals surface area contributed by atoms with Crippen LogP contribution in [0.3, 0.4) is 0 Å². The Morgan fingerprint density at radius 3 is 2.59 bits per heavy atom. The molecule has 0 radical (unpaired) electrons. The van der Waals surface area contributed by atoms with Crippen LogP contribution in [-0.2, 0) is 0 Å². The lowest BCUT2D eigenvalue weighted by molar-refractivity contribution is 0.604. The number of aliphatic imine (C=N–C) groups is 2. The Morgan fingerprint density at radius 2 is 1.79 bits per heavy atom. The number of hydrogen-bond donors (Lipinski definition) is 0. The molecule has 0 fully saturated rings. The zero-order valence-electron chi connectivity index (χ0n) is 37.6. The lowest BCUT2D eigenvalue weighted by Gasteiger charge is -2.29. The number of anilines is 1. The molecule has 10 rings (SSSR count). The molecule has 2 aliphatic heterocycles. The van der Waals surface area contributed by atoms with E-state index in [0.29, 0.717) is 6.42 Å². The van der Waals surface area contributed by atoms with Crippen molar-refractivity contribution < 1.29 is 4.42 Å². The van der Waals surface area contributed by atoms with Gasteiger partial charge in [0.2, 0.25) is 0 Å². The molecule has 63 heavy (non-hydrogen) atoms. The molecule has 3 aliphatic carbocycles. The fourth-order valence-corrected chi connectivity index (χ4v) is 10.5. The minimum absolute atomic E-state index is 0.0858. The summed E-state index contributed by atoms with van der Waals surface area (Å²) in [5, 5.41) is 2.28. The summed E-state index contributed by atoms with van der Waals surface area (Å²) in [4.78, 5) is 13.5. The number of rotatable bonds is 10. The van der Waals surface area contributed by atoms with Crippen molar-refractivity contribution in [3.05, 3.63) is 190 Å². The number of fused-ring (bicyclic) bond motifs is 8. The molecule has 5 atom stereocenters. The topological polar surface area (TPSA) is 46.0 Å². The molecule has 3 aromatic carbocycles. The molecular weight excluding hydrogens is 769 g/mol. The monoisotopic (exact) mass is 826 g/mol. The van der Waals surface area contributed by atoms with Crippen LogP contribution in [0.15, 0.2) is 165 Å². The average molecular weight is 827 g/mol. The lowest BCUT2D eigenvalue weighted by atomic mass is 9.80. The summed E-state index contributed by atoms with van der Waals surface area (Å²) in [7, 11) is 0. The van der Waals surface area contributed by atoms with Gasteiger partial charge in [-0.1, -0.05) is 129 Å². The fourth-order valence-electron chi connectivity index (χ4n) is 10.5. The van der Waals surface area contributed by atoms with E-state index in [4.69, 9.17) is 14.4 Å². The molecule has 0 bridgehead atoms. The first kappa shape index (κ1) is 40.6. The summed E-state index contributed by atoms with van der Waals surface area (Å²) < 4.78 is 9.66. The molecule has 5 heteroatoms. The Balaban J connectivity index is 1.29. The van der Waals surface area contributed by atoms with Gasteiger partial charge >= 0.3 is 0 Å². The molecule has 2 aromatic heterocycles. The molecular formula is C58H58N4O. The van der Waals surface area contributed by atoms with Crippen molar-refractivity contribution >= 4 is 51.3 Å². The Morgan fingerprint density at radius 1 is 0.952 bits per heavy atom. The Hall–Kier alpha value is -6.46. The summed E-state index contributed by atoms with van der Waals surface area (Å²) in [5.41, 5.74) is 15.3. The zero-order chi connectivity index (χ0) is 43.2. The van der Waals surface area contributed by atoms with Crippen molar-refractivity contribution in [3.63, 3.8) is 0 Å². The normalized spacial score (nSPS) is 23.1. The highest BCUT2D eigenvalue weighted by Crippen LogP contribution is 2.51. The van der Waals surface area contributed by atoms with E-state index in [2.05, 4.69) is 203 Å². The van der Waals surface area contributed by atoms with E-state index >= 15 is 0 Å². The number of aryl methyl sites for hydroxylation is 1. The second-order valence-electron chi connectivity index (χ2n) is 17.6. The summed E-state index contributed by atoms with van der Waals surface area (Å²) in [6.45, 7) is 13.2. The number of furan rings is 1. The summed E-state index contributed by atoms with van der Waals surface area (Å²) in [6.07, 6.45) is 41.2. The van der Waals surface area contributed by atoms with Crippen molar-refractivity contribution in [1.82, 2.24) is 4.57 Å². The van der Waals surface area contributed by atoms with Crippen LogP contribution in [0.2, 0.25) is 0 Å². The summed E-state index contributed by atoms with van der Waals surface area (Å²) >= 11 is 0. The van der Waals surface area contributed by atoms with E-state index in [1.54, 1.807) is 0 Å². The minimum atomic E-state index is -0.0858. The molecule has 5 nitrogen and oxygen atoms in total. The molecule has 4 heterocycles. The highest BCUT2D eigenvalue weighted by Gasteiger charge is 2.38. The van der Waals surface area contributed by atoms with E-state index in [-0.39, 0.29) is 29.8 Å². The molecule has 0 N–H and O–H groups in total. The number of allylic oxidation sites excluding steroid dienone is 13. The van der Waals surface area contributed by atoms with E-state index in [1.165, 1.54) is 33.8 Å². The van der Waals surface area contributed by atoms with Gasteiger partial charge in [0.1, 0.15) is 11.3 Å². The van der Waals surface area contributed by atoms with Gasteiger partial charge in [0.05, 0.1) is 22.7 Å². The third-order valence-electron chi connectivity index (χ3n) is 13.7. The Kier molecular flexibility index (Phi) is 11.0. The first-order chi connectivity index (χ1) is 30.9. The second-order valence-corrected chi connectivity index (χ2v) is 17.6. The molecule has 0 saturated heterocycles. The number of hydrogen-bond acceptors (Lipinski definition) is 4. The maximum absolute atomic E-state index is 7.06. The highest BCUT2D eigenvalue weighted by molar-refractivity contribution is 6.24. The molecule has 316 valence electrons. The smallest absolute Gasteiger partial charge is 0.151 e. The third-order valence-corrected chi connectivity index (χ3v) is 13.7. The van der Waals surface area contributed by atoms with Gasteiger partial charge in [-0.3, -0.25) is 4.99 Å². The standard InChI is InChI=1S/C58H58N4O/c1-7-10-14-22-37(4)58-59-50(41-24-15-12-16-25-41)36-51(60-58)49-35-47-38(5)53(29-11-8-2)63-57(47)54-46-32-30-40-23-19-20-28-45(40)55(46)62(56(49)54)43-31-33-52-48(34-43)44(21-9-3)39(6)61(52)42-26-17-13-18-27-42/h9-12,14-17,19-35,39-40,44-45,50H,7-8,13,18,36H2,1-6H3/b14-10-,21-9-,29-11-,37-22+. The second kappa shape index (κ2) is 17.0. The molecule has 0 amide bonds. The minimum Gasteiger partial charge on any atom is -0.456 e. The van der Waals surface area contributed by atoms with Crippen LogP contribution in [0, 0.1) is 12.8 Å². The van der Waals surface area contributed by atoms with Crippen LogP contribution in [-0.4, -0.2) is 22.2 Å². The van der Waals surface area contributed by atoms with Crippen molar-refractivity contribution in [1.29, 1.82) is 0 Å². The first-order valence-corrected chi connectivity index (χ1v) is 23.2. The molecule has 5 aliphatic rings. The van der Waals surface area contributed by atoms with Crippen molar-refractivity contribution in [2.24, 2.45) is 15.9 Å². The largest absolute Gasteiger partial charge is 0.456 e. The SMILES string of the molecule is C/C=C\C1c2cc(-n3c4c(c5c6oc(/C=C\CC)c(C)c6cc(C6=NC(/C(C)=C/C=C\CC)=NC(c7ccccc7)C6)c53)C=CC3C=CC=CC43)ccc2N(C2=CCCC=C2)C1C. The van der Waals surface area contributed by atoms with Crippen LogP contribution in [0.5, 0.6) is 0 Å². The lowest BCUT2D eigenvalue weighted by Crippen LogP contribution is -2.30. The van der Waals surface area contributed by atoms with Gasteiger partial charge in [-0.2, -0.15) is 0 Å². The van der Waals surface area contributed by atoms with Gasteiger partial charge in [0.15, 0.2) is 5.84 Å². The van der Waals surface area contributed by atoms with Crippen molar-refractivity contribution in [2.75, 3.05) is 4.90 Å². The Bertz CT molecular complexity index is 2960. The molecule has 0 saturated carbocycles. The maximum atomic E-state index is 7.06. The van der Waals surface area contributed by atoms with E-state index in [0.717, 1.165) is 87.3 Å². The predicted octanol–water partition coefficient (Wildman–Crippen LogP) is 15.3. The van der Waals surface area contributed by atoms with Gasteiger partial charge in [-0.15, -0.1) is 0 Å². The fraction of sp³-hybridized carbons (Fsp3) is 0.276. The first-order valence-electron chi connectivity index (χ1n) is 23.2. The Labute approximate surface area is 373 Å². The number of benzene rings is 3. The van der Waals surface area contributed by atoms with Crippen LogP contribution in [0.4, 0.5) is 5.69 Å². The van der Waals surface area contributed by atoms with Gasteiger partial charge in [0, 0.05) is 75.1 Å². The number of amidine groups is 1. The molecule has 5 aromatic rings. The summed E-state index contributed by atoms with van der Waals surface area (Å²) in [6, 6.07) is 20.6. The predicted molar refractivity (Wildman–Crippen MR) is 268 cm³/mol. The maximum Gasteiger partial charge on any atom is 0.151 e. The van der Waals surface area contributed by atoms with Crippen LogP contribution < -0.4 is 4.90 Å². The zero-order valence-corrected chi connectivity index (χ0v) is 37.6. The average Bonchev–Trinajstić information content (AvgIpc) is 3.94. The number of aromatic nitrogens is 1. The summed E-state index contributed by atoms with van der Waals surface area (Å²) in [5.74, 6) is 2.32. The van der Waals surface area contributed by atoms with Gasteiger partial charge in [-0.05, 0) is 106 Å². The third kappa shape index (κ3) is 7.03. The van der Waals surface area contributed by atoms with Crippen LogP contribution in [0.1, 0.15) is 124 Å². The number of nitrogens with zero attached hydrogens (tertiary/aromatic N) is 4. The van der Waals surface area contributed by atoms with E-state index < -0.39 is 0 Å². The van der Waals surface area contributed by atoms with Crippen molar-refractivity contribution in [3.8, 4) is 5.69 Å². The highest BCUT2D eigenvalue weighted by atomic mass is 16.3. The molecule has 5 unspecified atom stereocenters. The van der Waals surface area contributed by atoms with E-state index in [1.807, 2.05) is 0 Å². The van der Waals surface area contributed by atoms with Crippen LogP contribution in [0.25, 0.3) is 39.7 Å². The quantitative estimate of drug-likeness (QED) is 0.104. The van der Waals surface area contributed by atoms with E-state index in [9.17, 15) is 0 Å². The van der Waals surface area contributed by atoms with Gasteiger partial charge in [0.25, 0.3) is 0 Å². The van der Waals surface area contributed by atoms with Gasteiger partial charge in [-0.25, -0.2) is 4.99 Å².